The second kappa shape index (κ2) is 6.76. The number of rotatable bonds is 6. The van der Waals surface area contributed by atoms with Gasteiger partial charge >= 0.3 is 0 Å². The SMILES string of the molecule is CCN(c1ccccc1[C@H](C)O)C(C)CN(C)C. The number of hydrogen-bond acceptors (Lipinski definition) is 3. The van der Waals surface area contributed by atoms with Crippen molar-refractivity contribution in [1.82, 2.24) is 4.90 Å². The average molecular weight is 250 g/mol. The molecule has 1 rings (SSSR count). The Morgan fingerprint density at radius 3 is 2.28 bits per heavy atom. The van der Waals surface area contributed by atoms with Gasteiger partial charge in [-0.2, -0.15) is 0 Å². The van der Waals surface area contributed by atoms with Gasteiger partial charge < -0.3 is 14.9 Å². The summed E-state index contributed by atoms with van der Waals surface area (Å²) >= 11 is 0. The van der Waals surface area contributed by atoms with Crippen molar-refractivity contribution in [3.63, 3.8) is 0 Å². The summed E-state index contributed by atoms with van der Waals surface area (Å²) in [5.41, 5.74) is 2.15. The van der Waals surface area contributed by atoms with E-state index in [9.17, 15) is 5.11 Å². The van der Waals surface area contributed by atoms with E-state index in [4.69, 9.17) is 0 Å². The normalized spacial score (nSPS) is 14.6. The lowest BCUT2D eigenvalue weighted by Crippen LogP contribution is -2.40. The molecule has 0 radical (unpaired) electrons. The smallest absolute Gasteiger partial charge is 0.0781 e. The summed E-state index contributed by atoms with van der Waals surface area (Å²) < 4.78 is 0. The van der Waals surface area contributed by atoms with Crippen molar-refractivity contribution in [3.8, 4) is 0 Å². The lowest BCUT2D eigenvalue weighted by molar-refractivity contribution is 0.199. The first-order valence-electron chi connectivity index (χ1n) is 6.65. The Bertz CT molecular complexity index is 363. The van der Waals surface area contributed by atoms with Crippen LogP contribution in [0.5, 0.6) is 0 Å². The summed E-state index contributed by atoms with van der Waals surface area (Å²) in [5.74, 6) is 0. The van der Waals surface area contributed by atoms with E-state index in [1.165, 1.54) is 0 Å². The fourth-order valence-corrected chi connectivity index (χ4v) is 2.45. The molecule has 0 aliphatic heterocycles. The van der Waals surface area contributed by atoms with Crippen LogP contribution in [0.4, 0.5) is 5.69 Å². The minimum Gasteiger partial charge on any atom is -0.389 e. The van der Waals surface area contributed by atoms with Crippen molar-refractivity contribution in [2.45, 2.75) is 32.9 Å². The predicted octanol–water partition coefficient (Wildman–Crippen LogP) is 2.52. The van der Waals surface area contributed by atoms with Crippen molar-refractivity contribution < 1.29 is 5.11 Å². The maximum absolute atomic E-state index is 9.88. The minimum absolute atomic E-state index is 0.421. The van der Waals surface area contributed by atoms with Gasteiger partial charge in [0.2, 0.25) is 0 Å². The molecule has 0 fully saturated rings. The molecule has 3 nitrogen and oxygen atoms in total. The molecule has 1 N–H and O–H groups in total. The first-order chi connectivity index (χ1) is 8.47. The topological polar surface area (TPSA) is 26.7 Å². The Hall–Kier alpha value is -1.06. The molecule has 0 bridgehead atoms. The Morgan fingerprint density at radius 1 is 1.17 bits per heavy atom. The van der Waals surface area contributed by atoms with Crippen molar-refractivity contribution in [2.24, 2.45) is 0 Å². The maximum Gasteiger partial charge on any atom is 0.0781 e. The van der Waals surface area contributed by atoms with Gasteiger partial charge in [0, 0.05) is 30.4 Å². The molecule has 0 heterocycles. The molecule has 0 amide bonds. The molecule has 0 aliphatic rings. The van der Waals surface area contributed by atoms with Crippen LogP contribution in [0, 0.1) is 0 Å². The first-order valence-corrected chi connectivity index (χ1v) is 6.65. The fraction of sp³-hybridized carbons (Fsp3) is 0.600. The molecule has 18 heavy (non-hydrogen) atoms. The Kier molecular flexibility index (Phi) is 5.63. The summed E-state index contributed by atoms with van der Waals surface area (Å²) in [6, 6.07) is 8.54. The molecule has 2 atom stereocenters. The van der Waals surface area contributed by atoms with E-state index in [0.29, 0.717) is 6.04 Å². The molecule has 0 saturated carbocycles. The van der Waals surface area contributed by atoms with Gasteiger partial charge in [0.05, 0.1) is 6.10 Å². The van der Waals surface area contributed by atoms with Crippen molar-refractivity contribution in [1.29, 1.82) is 0 Å². The highest BCUT2D eigenvalue weighted by Crippen LogP contribution is 2.27. The number of benzene rings is 1. The van der Waals surface area contributed by atoms with E-state index < -0.39 is 6.10 Å². The van der Waals surface area contributed by atoms with Gasteiger partial charge in [-0.1, -0.05) is 18.2 Å². The summed E-state index contributed by atoms with van der Waals surface area (Å²) in [6.45, 7) is 8.15. The van der Waals surface area contributed by atoms with Gasteiger partial charge in [-0.05, 0) is 40.9 Å². The molecule has 0 aliphatic carbocycles. The van der Waals surface area contributed by atoms with E-state index in [1.54, 1.807) is 0 Å². The number of nitrogens with zero attached hydrogens (tertiary/aromatic N) is 2. The second-order valence-electron chi connectivity index (χ2n) is 5.13. The van der Waals surface area contributed by atoms with E-state index >= 15 is 0 Å². The van der Waals surface area contributed by atoms with E-state index in [2.05, 4.69) is 43.8 Å². The summed E-state index contributed by atoms with van der Waals surface area (Å²) in [4.78, 5) is 4.54. The van der Waals surface area contributed by atoms with Gasteiger partial charge in [-0.25, -0.2) is 0 Å². The first kappa shape index (κ1) is 15.0. The van der Waals surface area contributed by atoms with E-state index in [-0.39, 0.29) is 0 Å². The molecule has 3 heteroatoms. The Labute approximate surface area is 111 Å². The molecular weight excluding hydrogens is 224 g/mol. The van der Waals surface area contributed by atoms with Gasteiger partial charge in [-0.3, -0.25) is 0 Å². The van der Waals surface area contributed by atoms with Gasteiger partial charge in [-0.15, -0.1) is 0 Å². The highest BCUT2D eigenvalue weighted by Gasteiger charge is 2.18. The van der Waals surface area contributed by atoms with Crippen LogP contribution in [0.2, 0.25) is 0 Å². The number of anilines is 1. The maximum atomic E-state index is 9.88. The third-order valence-electron chi connectivity index (χ3n) is 3.20. The van der Waals surface area contributed by atoms with Gasteiger partial charge in [0.25, 0.3) is 0 Å². The van der Waals surface area contributed by atoms with Crippen LogP contribution in [-0.4, -0.2) is 43.2 Å². The van der Waals surface area contributed by atoms with Crippen LogP contribution in [-0.2, 0) is 0 Å². The average Bonchev–Trinajstić information content (AvgIpc) is 2.29. The Morgan fingerprint density at radius 2 is 1.78 bits per heavy atom. The number of hydrogen-bond donors (Lipinski definition) is 1. The van der Waals surface area contributed by atoms with Crippen LogP contribution < -0.4 is 4.90 Å². The van der Waals surface area contributed by atoms with Crippen LogP contribution in [0.15, 0.2) is 24.3 Å². The lowest BCUT2D eigenvalue weighted by Gasteiger charge is -2.34. The van der Waals surface area contributed by atoms with Crippen LogP contribution in [0.25, 0.3) is 0 Å². The molecule has 0 spiro atoms. The number of likely N-dealkylation sites (N-methyl/N-ethyl adjacent to an activating group) is 2. The van der Waals surface area contributed by atoms with E-state index in [0.717, 1.165) is 24.3 Å². The van der Waals surface area contributed by atoms with Crippen LogP contribution in [0.3, 0.4) is 0 Å². The summed E-state index contributed by atoms with van der Waals surface area (Å²) in [6.07, 6.45) is -0.429. The molecule has 1 unspecified atom stereocenters. The molecular formula is C15H26N2O. The number of aliphatic hydroxyl groups excluding tert-OH is 1. The largest absolute Gasteiger partial charge is 0.389 e. The van der Waals surface area contributed by atoms with Crippen LogP contribution in [0.1, 0.15) is 32.4 Å². The number of aliphatic hydroxyl groups is 1. The monoisotopic (exact) mass is 250 g/mol. The van der Waals surface area contributed by atoms with Gasteiger partial charge in [0.15, 0.2) is 0 Å². The summed E-state index contributed by atoms with van der Waals surface area (Å²) in [5, 5.41) is 9.88. The quantitative estimate of drug-likeness (QED) is 0.840. The number of para-hydroxylation sites is 1. The van der Waals surface area contributed by atoms with Crippen molar-refractivity contribution in [2.75, 3.05) is 32.1 Å². The van der Waals surface area contributed by atoms with Crippen molar-refractivity contribution >= 4 is 5.69 Å². The third-order valence-corrected chi connectivity index (χ3v) is 3.20. The highest BCUT2D eigenvalue weighted by atomic mass is 16.3. The lowest BCUT2D eigenvalue weighted by atomic mass is 10.1. The van der Waals surface area contributed by atoms with Crippen molar-refractivity contribution in [3.05, 3.63) is 29.8 Å². The molecule has 1 aromatic rings. The van der Waals surface area contributed by atoms with E-state index in [1.807, 2.05) is 25.1 Å². The fourth-order valence-electron chi connectivity index (χ4n) is 2.45. The zero-order chi connectivity index (χ0) is 13.7. The van der Waals surface area contributed by atoms with Gasteiger partial charge in [0.1, 0.15) is 0 Å². The minimum atomic E-state index is -0.429. The molecule has 102 valence electrons. The molecule has 1 aromatic carbocycles. The highest BCUT2D eigenvalue weighted by molar-refractivity contribution is 5.55. The summed E-state index contributed by atoms with van der Waals surface area (Å²) in [7, 11) is 4.18. The second-order valence-corrected chi connectivity index (χ2v) is 5.13. The van der Waals surface area contributed by atoms with Crippen LogP contribution >= 0.6 is 0 Å². The molecule has 0 saturated heterocycles. The third kappa shape index (κ3) is 3.72. The zero-order valence-electron chi connectivity index (χ0n) is 12.2. The Balaban J connectivity index is 3.01. The zero-order valence-corrected chi connectivity index (χ0v) is 12.2. The standard InChI is InChI=1S/C15H26N2O/c1-6-17(12(2)11-16(4)5)15-10-8-7-9-14(15)13(3)18/h7-10,12-13,18H,6,11H2,1-5H3/t12?,13-/m0/s1. The molecule has 0 aromatic heterocycles. The predicted molar refractivity (Wildman–Crippen MR) is 78.1 cm³/mol.